The largest absolute Gasteiger partial charge is 0.490 e. The Balaban J connectivity index is 2.16. The van der Waals surface area contributed by atoms with E-state index < -0.39 is 17.7 Å². The topological polar surface area (TPSA) is 42.6 Å². The maximum absolute atomic E-state index is 14.7. The van der Waals surface area contributed by atoms with Crippen molar-refractivity contribution in [2.24, 2.45) is 0 Å². The van der Waals surface area contributed by atoms with Gasteiger partial charge in [-0.1, -0.05) is 26.3 Å². The molecule has 0 fully saturated rings. The molecule has 1 heterocycles. The summed E-state index contributed by atoms with van der Waals surface area (Å²) in [5.41, 5.74) is 0.107. The Morgan fingerprint density at radius 2 is 1.67 bits per heavy atom. The van der Waals surface area contributed by atoms with Crippen LogP contribution in [0, 0.1) is 11.6 Å². The summed E-state index contributed by atoms with van der Waals surface area (Å²) in [5, 5.41) is 11.0. The molecule has 0 amide bonds. The van der Waals surface area contributed by atoms with E-state index in [4.69, 9.17) is 9.15 Å². The molecule has 1 N–H and O–H groups in total. The number of aliphatic hydroxyl groups is 1. The van der Waals surface area contributed by atoms with E-state index in [9.17, 15) is 13.9 Å². The maximum atomic E-state index is 14.7. The zero-order valence-electron chi connectivity index (χ0n) is 13.7. The van der Waals surface area contributed by atoms with Gasteiger partial charge in [-0.2, -0.15) is 4.39 Å². The van der Waals surface area contributed by atoms with E-state index in [0.717, 1.165) is 12.8 Å². The minimum Gasteiger partial charge on any atom is -0.490 e. The van der Waals surface area contributed by atoms with Gasteiger partial charge in [-0.05, 0) is 31.0 Å². The molecule has 3 nitrogen and oxygen atoms in total. The number of furan rings is 1. The van der Waals surface area contributed by atoms with E-state index in [1.807, 2.05) is 13.8 Å². The molecule has 128 valence electrons. The van der Waals surface area contributed by atoms with Gasteiger partial charge < -0.3 is 14.3 Å². The Labute approximate surface area is 138 Å². The van der Waals surface area contributed by atoms with Gasteiger partial charge in [0, 0.05) is 16.3 Å². The van der Waals surface area contributed by atoms with Crippen molar-refractivity contribution in [3.63, 3.8) is 0 Å². The smallest absolute Gasteiger partial charge is 0.208 e. The predicted octanol–water partition coefficient (Wildman–Crippen LogP) is 5.49. The maximum Gasteiger partial charge on any atom is 0.208 e. The van der Waals surface area contributed by atoms with Gasteiger partial charge in [0.25, 0.3) is 0 Å². The molecule has 24 heavy (non-hydrogen) atoms. The molecule has 0 saturated heterocycles. The summed E-state index contributed by atoms with van der Waals surface area (Å²) in [4.78, 5) is 0. The van der Waals surface area contributed by atoms with Crippen molar-refractivity contribution < 1.29 is 23.0 Å². The van der Waals surface area contributed by atoms with Crippen molar-refractivity contribution in [2.45, 2.75) is 39.2 Å². The first-order valence-electron chi connectivity index (χ1n) is 8.22. The number of benzene rings is 2. The first-order valence-corrected chi connectivity index (χ1v) is 8.22. The molecule has 1 aromatic heterocycles. The highest BCUT2D eigenvalue weighted by atomic mass is 19.1. The Bertz CT molecular complexity index is 870. The standard InChI is InChI=1S/C19H20F2O3/c1-3-5-14(22)13-7-6-11-12-8-9-15(23-10-4-2)17(21)19(12)24-18(11)16(13)20/h6-9,14,22H,3-5,10H2,1-2H3/t14-/m1/s1. The van der Waals surface area contributed by atoms with Crippen LogP contribution in [0.3, 0.4) is 0 Å². The summed E-state index contributed by atoms with van der Waals surface area (Å²) in [7, 11) is 0. The van der Waals surface area contributed by atoms with Crippen LogP contribution in [-0.2, 0) is 0 Å². The molecule has 0 aliphatic carbocycles. The third-order valence-electron chi connectivity index (χ3n) is 4.07. The monoisotopic (exact) mass is 334 g/mol. The lowest BCUT2D eigenvalue weighted by atomic mass is 10.0. The summed E-state index contributed by atoms with van der Waals surface area (Å²) >= 11 is 0. The van der Waals surface area contributed by atoms with E-state index in [-0.39, 0.29) is 22.5 Å². The molecule has 2 aromatic carbocycles. The summed E-state index contributed by atoms with van der Waals surface area (Å²) < 4.78 is 40.1. The Hall–Kier alpha value is -2.14. The highest BCUT2D eigenvalue weighted by molar-refractivity contribution is 6.05. The summed E-state index contributed by atoms with van der Waals surface area (Å²) in [6.07, 6.45) is 1.03. The third-order valence-corrected chi connectivity index (χ3v) is 4.07. The van der Waals surface area contributed by atoms with Crippen molar-refractivity contribution in [3.05, 3.63) is 41.5 Å². The molecule has 0 unspecified atom stereocenters. The zero-order chi connectivity index (χ0) is 17.3. The molecule has 0 saturated carbocycles. The first kappa shape index (κ1) is 16.7. The average molecular weight is 334 g/mol. The molecular formula is C19H20F2O3. The first-order chi connectivity index (χ1) is 11.6. The van der Waals surface area contributed by atoms with E-state index in [1.54, 1.807) is 12.1 Å². The second-order valence-corrected chi connectivity index (χ2v) is 5.85. The molecule has 0 aliphatic rings. The summed E-state index contributed by atoms with van der Waals surface area (Å²) in [6, 6.07) is 6.38. The summed E-state index contributed by atoms with van der Waals surface area (Å²) in [6.45, 7) is 4.23. The second-order valence-electron chi connectivity index (χ2n) is 5.85. The fourth-order valence-corrected chi connectivity index (χ4v) is 2.84. The van der Waals surface area contributed by atoms with Gasteiger partial charge in [-0.25, -0.2) is 4.39 Å². The van der Waals surface area contributed by atoms with Gasteiger partial charge >= 0.3 is 0 Å². The van der Waals surface area contributed by atoms with Gasteiger partial charge in [-0.3, -0.25) is 0 Å². The van der Waals surface area contributed by atoms with Crippen LogP contribution in [0.4, 0.5) is 8.78 Å². The minimum atomic E-state index is -0.902. The number of aliphatic hydroxyl groups excluding tert-OH is 1. The van der Waals surface area contributed by atoms with Crippen molar-refractivity contribution in [1.29, 1.82) is 0 Å². The number of rotatable bonds is 6. The molecule has 3 aromatic rings. The zero-order valence-corrected chi connectivity index (χ0v) is 13.7. The van der Waals surface area contributed by atoms with Crippen molar-refractivity contribution >= 4 is 21.9 Å². The molecule has 1 atom stereocenters. The number of hydrogen-bond acceptors (Lipinski definition) is 3. The van der Waals surface area contributed by atoms with Crippen LogP contribution in [0.15, 0.2) is 28.7 Å². The fraction of sp³-hybridized carbons (Fsp3) is 0.368. The Morgan fingerprint density at radius 1 is 1.00 bits per heavy atom. The van der Waals surface area contributed by atoms with E-state index in [1.165, 1.54) is 12.1 Å². The molecular weight excluding hydrogens is 314 g/mol. The summed E-state index contributed by atoms with van der Waals surface area (Å²) in [5.74, 6) is -1.18. The Morgan fingerprint density at radius 3 is 2.33 bits per heavy atom. The van der Waals surface area contributed by atoms with Gasteiger partial charge in [-0.15, -0.1) is 0 Å². The molecule has 0 radical (unpaired) electrons. The number of ether oxygens (including phenoxy) is 1. The van der Waals surface area contributed by atoms with Crippen molar-refractivity contribution in [3.8, 4) is 5.75 Å². The third kappa shape index (κ3) is 2.73. The number of hydrogen-bond donors (Lipinski definition) is 1. The molecule has 0 spiro atoms. The van der Waals surface area contributed by atoms with Crippen LogP contribution in [0.25, 0.3) is 21.9 Å². The van der Waals surface area contributed by atoms with Crippen LogP contribution < -0.4 is 4.74 Å². The Kier molecular flexibility index (Phi) is 4.71. The van der Waals surface area contributed by atoms with Crippen LogP contribution in [0.2, 0.25) is 0 Å². The highest BCUT2D eigenvalue weighted by Gasteiger charge is 2.21. The second kappa shape index (κ2) is 6.77. The van der Waals surface area contributed by atoms with Gasteiger partial charge in [0.1, 0.15) is 0 Å². The van der Waals surface area contributed by atoms with Gasteiger partial charge in [0.05, 0.1) is 12.7 Å². The van der Waals surface area contributed by atoms with Crippen LogP contribution in [0.5, 0.6) is 5.75 Å². The average Bonchev–Trinajstić information content (AvgIpc) is 2.95. The molecule has 0 aliphatic heterocycles. The number of halogens is 2. The lowest BCUT2D eigenvalue weighted by Gasteiger charge is -2.10. The lowest BCUT2D eigenvalue weighted by molar-refractivity contribution is 0.162. The lowest BCUT2D eigenvalue weighted by Crippen LogP contribution is -2.00. The highest BCUT2D eigenvalue weighted by Crippen LogP contribution is 2.37. The normalized spacial score (nSPS) is 12.9. The SMILES string of the molecule is CCCOc1ccc2c(oc3c(F)c([C@H](O)CCC)ccc32)c1F. The quantitative estimate of drug-likeness (QED) is 0.648. The van der Waals surface area contributed by atoms with Crippen molar-refractivity contribution in [1.82, 2.24) is 0 Å². The molecule has 3 rings (SSSR count). The van der Waals surface area contributed by atoms with Crippen LogP contribution in [-0.4, -0.2) is 11.7 Å². The van der Waals surface area contributed by atoms with Crippen LogP contribution >= 0.6 is 0 Å². The van der Waals surface area contributed by atoms with E-state index >= 15 is 0 Å². The predicted molar refractivity (Wildman–Crippen MR) is 89.3 cm³/mol. The van der Waals surface area contributed by atoms with Gasteiger partial charge in [0.2, 0.25) is 5.82 Å². The van der Waals surface area contributed by atoms with Gasteiger partial charge in [0.15, 0.2) is 22.7 Å². The molecule has 0 bridgehead atoms. The minimum absolute atomic E-state index is 0.0281. The van der Waals surface area contributed by atoms with Crippen LogP contribution in [0.1, 0.15) is 44.8 Å². The molecule has 5 heteroatoms. The van der Waals surface area contributed by atoms with Crippen molar-refractivity contribution in [2.75, 3.05) is 6.61 Å². The van der Waals surface area contributed by atoms with E-state index in [0.29, 0.717) is 23.8 Å². The van der Waals surface area contributed by atoms with E-state index in [2.05, 4.69) is 0 Å². The fourth-order valence-electron chi connectivity index (χ4n) is 2.84. The number of fused-ring (bicyclic) bond motifs is 3.